The maximum atomic E-state index is 12.3. The Kier molecular flexibility index (Phi) is 4.94. The van der Waals surface area contributed by atoms with Crippen molar-refractivity contribution in [2.45, 2.75) is 52.6 Å². The van der Waals surface area contributed by atoms with Gasteiger partial charge in [-0.25, -0.2) is 9.67 Å². The van der Waals surface area contributed by atoms with Crippen LogP contribution < -0.4 is 5.32 Å². The molecule has 0 aliphatic carbocycles. The van der Waals surface area contributed by atoms with Crippen LogP contribution in [0.5, 0.6) is 0 Å². The van der Waals surface area contributed by atoms with Crippen molar-refractivity contribution in [1.29, 1.82) is 0 Å². The third-order valence-electron chi connectivity index (χ3n) is 4.33. The molecule has 2 aromatic heterocycles. The van der Waals surface area contributed by atoms with Crippen molar-refractivity contribution in [2.75, 3.05) is 18.4 Å². The number of likely N-dealkylation sites (tertiary alicyclic amines) is 1. The first-order chi connectivity index (χ1) is 11.5. The summed E-state index contributed by atoms with van der Waals surface area (Å²) in [5.74, 6) is 2.02. The largest absolute Gasteiger partial charge is 0.338 e. The SMILES string of the molecule is Cc1cc(NC(=O)CN2CCCC[C@@H]2Cn2nc(C)nc2C)on1. The van der Waals surface area contributed by atoms with Gasteiger partial charge in [-0.3, -0.25) is 15.0 Å². The van der Waals surface area contributed by atoms with Crippen LogP contribution in [0.3, 0.4) is 0 Å². The average Bonchev–Trinajstić information content (AvgIpc) is 3.06. The number of piperidine rings is 1. The molecule has 1 atom stereocenters. The molecule has 130 valence electrons. The molecular weight excluding hydrogens is 308 g/mol. The third kappa shape index (κ3) is 4.00. The van der Waals surface area contributed by atoms with E-state index in [2.05, 4.69) is 25.5 Å². The number of nitrogens with zero attached hydrogens (tertiary/aromatic N) is 5. The second kappa shape index (κ2) is 7.12. The van der Waals surface area contributed by atoms with Crippen LogP contribution in [0.2, 0.25) is 0 Å². The Bertz CT molecular complexity index is 707. The molecule has 1 fully saturated rings. The average molecular weight is 332 g/mol. The lowest BCUT2D eigenvalue weighted by Gasteiger charge is -2.35. The van der Waals surface area contributed by atoms with Crippen LogP contribution in [-0.2, 0) is 11.3 Å². The quantitative estimate of drug-likeness (QED) is 0.896. The summed E-state index contributed by atoms with van der Waals surface area (Å²) in [6.07, 6.45) is 3.35. The Morgan fingerprint density at radius 1 is 1.38 bits per heavy atom. The summed E-state index contributed by atoms with van der Waals surface area (Å²) in [5.41, 5.74) is 0.748. The first kappa shape index (κ1) is 16.6. The molecule has 0 bridgehead atoms. The van der Waals surface area contributed by atoms with Crippen molar-refractivity contribution in [3.05, 3.63) is 23.4 Å². The highest BCUT2D eigenvalue weighted by atomic mass is 16.5. The molecule has 0 aromatic carbocycles. The maximum absolute atomic E-state index is 12.3. The number of carbonyl (C=O) groups excluding carboxylic acids is 1. The number of anilines is 1. The number of nitrogens with one attached hydrogen (secondary N) is 1. The zero-order valence-corrected chi connectivity index (χ0v) is 14.4. The van der Waals surface area contributed by atoms with Crippen molar-refractivity contribution in [1.82, 2.24) is 24.8 Å². The van der Waals surface area contributed by atoms with E-state index in [1.54, 1.807) is 6.07 Å². The molecule has 2 aromatic rings. The summed E-state index contributed by atoms with van der Waals surface area (Å²) in [4.78, 5) is 18.9. The number of rotatable bonds is 5. The molecule has 1 N–H and O–H groups in total. The number of hydrogen-bond acceptors (Lipinski definition) is 6. The van der Waals surface area contributed by atoms with E-state index >= 15 is 0 Å². The van der Waals surface area contributed by atoms with Crippen LogP contribution >= 0.6 is 0 Å². The molecule has 1 aliphatic heterocycles. The maximum Gasteiger partial charge on any atom is 0.240 e. The van der Waals surface area contributed by atoms with Gasteiger partial charge in [-0.1, -0.05) is 11.6 Å². The fraction of sp³-hybridized carbons (Fsp3) is 0.625. The molecule has 1 saturated heterocycles. The van der Waals surface area contributed by atoms with Crippen molar-refractivity contribution in [2.24, 2.45) is 0 Å². The third-order valence-corrected chi connectivity index (χ3v) is 4.33. The van der Waals surface area contributed by atoms with Gasteiger partial charge in [0, 0.05) is 12.1 Å². The zero-order valence-electron chi connectivity index (χ0n) is 14.4. The molecule has 0 radical (unpaired) electrons. The lowest BCUT2D eigenvalue weighted by atomic mass is 10.0. The summed E-state index contributed by atoms with van der Waals surface area (Å²) in [6, 6.07) is 2.01. The lowest BCUT2D eigenvalue weighted by molar-refractivity contribution is -0.118. The van der Waals surface area contributed by atoms with E-state index in [9.17, 15) is 4.79 Å². The highest BCUT2D eigenvalue weighted by Crippen LogP contribution is 2.19. The Labute approximate surface area is 141 Å². The topological polar surface area (TPSA) is 89.1 Å². The first-order valence-corrected chi connectivity index (χ1v) is 8.36. The predicted molar refractivity (Wildman–Crippen MR) is 88.6 cm³/mol. The number of aromatic nitrogens is 4. The normalized spacial score (nSPS) is 18.7. The van der Waals surface area contributed by atoms with Crippen LogP contribution in [0.25, 0.3) is 0 Å². The number of aryl methyl sites for hydroxylation is 3. The molecule has 8 nitrogen and oxygen atoms in total. The van der Waals surface area contributed by atoms with Crippen LogP contribution in [0.4, 0.5) is 5.88 Å². The molecule has 0 unspecified atom stereocenters. The van der Waals surface area contributed by atoms with Gasteiger partial charge in [0.1, 0.15) is 11.6 Å². The van der Waals surface area contributed by atoms with Gasteiger partial charge >= 0.3 is 0 Å². The van der Waals surface area contributed by atoms with E-state index in [1.165, 1.54) is 6.42 Å². The predicted octanol–water partition coefficient (Wildman–Crippen LogP) is 1.68. The van der Waals surface area contributed by atoms with Gasteiger partial charge in [0.2, 0.25) is 11.8 Å². The summed E-state index contributed by atoms with van der Waals surface area (Å²) in [5, 5.41) is 11.0. The molecule has 3 rings (SSSR count). The summed E-state index contributed by atoms with van der Waals surface area (Å²) in [6.45, 7) is 7.71. The fourth-order valence-corrected chi connectivity index (χ4v) is 3.19. The lowest BCUT2D eigenvalue weighted by Crippen LogP contribution is -2.46. The minimum Gasteiger partial charge on any atom is -0.338 e. The molecule has 8 heteroatoms. The molecule has 1 aliphatic rings. The zero-order chi connectivity index (χ0) is 17.1. The molecule has 3 heterocycles. The molecule has 1 amide bonds. The van der Waals surface area contributed by atoms with E-state index in [1.807, 2.05) is 25.5 Å². The fourth-order valence-electron chi connectivity index (χ4n) is 3.19. The molecule has 0 spiro atoms. The second-order valence-electron chi connectivity index (χ2n) is 6.39. The standard InChI is InChI=1S/C16H24N6O2/c1-11-8-16(24-20-11)18-15(23)10-21-7-5-4-6-14(21)9-22-13(3)17-12(2)19-22/h8,14H,4-7,9-10H2,1-3H3,(H,18,23)/t14-/m1/s1. The van der Waals surface area contributed by atoms with Crippen LogP contribution in [-0.4, -0.2) is 49.9 Å². The second-order valence-corrected chi connectivity index (χ2v) is 6.39. The van der Waals surface area contributed by atoms with E-state index < -0.39 is 0 Å². The number of amides is 1. The minimum atomic E-state index is -0.0791. The molecule has 0 saturated carbocycles. The number of carbonyl (C=O) groups is 1. The molecule has 24 heavy (non-hydrogen) atoms. The minimum absolute atomic E-state index is 0.0791. The van der Waals surface area contributed by atoms with Crippen molar-refractivity contribution < 1.29 is 9.32 Å². The Balaban J connectivity index is 1.61. The van der Waals surface area contributed by atoms with Crippen LogP contribution in [0, 0.1) is 20.8 Å². The van der Waals surface area contributed by atoms with Gasteiger partial charge in [0.05, 0.1) is 18.8 Å². The van der Waals surface area contributed by atoms with Crippen molar-refractivity contribution in [3.63, 3.8) is 0 Å². The Morgan fingerprint density at radius 3 is 2.88 bits per heavy atom. The van der Waals surface area contributed by atoms with Crippen LogP contribution in [0.15, 0.2) is 10.6 Å². The van der Waals surface area contributed by atoms with Crippen LogP contribution in [0.1, 0.15) is 36.6 Å². The van der Waals surface area contributed by atoms with Gasteiger partial charge < -0.3 is 4.52 Å². The van der Waals surface area contributed by atoms with Crippen molar-refractivity contribution >= 4 is 11.8 Å². The van der Waals surface area contributed by atoms with Gasteiger partial charge in [-0.2, -0.15) is 5.10 Å². The van der Waals surface area contributed by atoms with Gasteiger partial charge in [-0.05, 0) is 40.2 Å². The summed E-state index contributed by atoms with van der Waals surface area (Å²) >= 11 is 0. The monoisotopic (exact) mass is 332 g/mol. The van der Waals surface area contributed by atoms with Crippen molar-refractivity contribution in [3.8, 4) is 0 Å². The van der Waals surface area contributed by atoms with E-state index in [4.69, 9.17) is 4.52 Å². The van der Waals surface area contributed by atoms with Gasteiger partial charge in [0.25, 0.3) is 0 Å². The number of hydrogen-bond donors (Lipinski definition) is 1. The van der Waals surface area contributed by atoms with E-state index in [-0.39, 0.29) is 5.91 Å². The highest BCUT2D eigenvalue weighted by Gasteiger charge is 2.25. The smallest absolute Gasteiger partial charge is 0.240 e. The Morgan fingerprint density at radius 2 is 2.21 bits per heavy atom. The first-order valence-electron chi connectivity index (χ1n) is 8.36. The highest BCUT2D eigenvalue weighted by molar-refractivity contribution is 5.91. The molecular formula is C16H24N6O2. The van der Waals surface area contributed by atoms with E-state index in [0.717, 1.165) is 43.3 Å². The van der Waals surface area contributed by atoms with Gasteiger partial charge in [0.15, 0.2) is 0 Å². The summed E-state index contributed by atoms with van der Waals surface area (Å²) < 4.78 is 6.98. The van der Waals surface area contributed by atoms with E-state index in [0.29, 0.717) is 18.5 Å². The Hall–Kier alpha value is -2.22. The van der Waals surface area contributed by atoms with Gasteiger partial charge in [-0.15, -0.1) is 0 Å². The summed E-state index contributed by atoms with van der Waals surface area (Å²) in [7, 11) is 0.